The van der Waals surface area contributed by atoms with E-state index in [0.29, 0.717) is 35.8 Å². The van der Waals surface area contributed by atoms with Gasteiger partial charge in [0.25, 0.3) is 0 Å². The Bertz CT molecular complexity index is 1290. The largest absolute Gasteiger partial charge is 0.345 e. The molecule has 0 amide bonds. The summed E-state index contributed by atoms with van der Waals surface area (Å²) in [7, 11) is 0. The fourth-order valence-corrected chi connectivity index (χ4v) is 11.3. The summed E-state index contributed by atoms with van der Waals surface area (Å²) in [5, 5.41) is 0. The number of hydrogen-bond donors (Lipinski definition) is 0. The van der Waals surface area contributed by atoms with Crippen molar-refractivity contribution in [3.8, 4) is 0 Å². The lowest BCUT2D eigenvalue weighted by molar-refractivity contribution is -0.571. The maximum atomic E-state index is 7.11. The van der Waals surface area contributed by atoms with Crippen LogP contribution in [0.2, 0.25) is 0 Å². The second-order valence-electron chi connectivity index (χ2n) is 16.6. The molecule has 10 rings (SSSR count). The molecule has 9 heteroatoms. The monoisotopic (exact) mass is 641 g/mol. The van der Waals surface area contributed by atoms with E-state index in [9.17, 15) is 0 Å². The lowest BCUT2D eigenvalue weighted by Gasteiger charge is -2.61. The second-order valence-corrected chi connectivity index (χ2v) is 16.6. The number of ether oxygens (including phenoxy) is 4. The molecule has 8 aliphatic heterocycles. The fourth-order valence-electron chi connectivity index (χ4n) is 11.3. The van der Waals surface area contributed by atoms with Crippen LogP contribution in [0.25, 0.3) is 0 Å². The summed E-state index contributed by atoms with van der Waals surface area (Å²) < 4.78 is 27.6. The van der Waals surface area contributed by atoms with Gasteiger partial charge in [0, 0.05) is 31.1 Å². The van der Waals surface area contributed by atoms with Crippen LogP contribution in [0.3, 0.4) is 0 Å². The van der Waals surface area contributed by atoms with Crippen LogP contribution < -0.4 is 0 Å². The Morgan fingerprint density at radius 1 is 0.717 bits per heavy atom. The second kappa shape index (κ2) is 11.2. The maximum absolute atomic E-state index is 7.11. The van der Waals surface area contributed by atoms with Crippen molar-refractivity contribution < 1.29 is 38.5 Å². The molecule has 8 saturated heterocycles. The topological polar surface area (TPSA) is 86.2 Å². The van der Waals surface area contributed by atoms with Crippen molar-refractivity contribution >= 4 is 5.71 Å². The molecule has 9 nitrogen and oxygen atoms in total. The van der Waals surface area contributed by atoms with Gasteiger partial charge in [-0.15, -0.1) is 0 Å². The Morgan fingerprint density at radius 3 is 1.83 bits per heavy atom. The molecule has 10 fully saturated rings. The van der Waals surface area contributed by atoms with Gasteiger partial charge in [0.15, 0.2) is 23.8 Å². The van der Waals surface area contributed by atoms with Crippen LogP contribution in [-0.2, 0) is 38.5 Å². The molecule has 2 spiro atoms. The van der Waals surface area contributed by atoms with Crippen molar-refractivity contribution in [3.63, 3.8) is 0 Å². The zero-order valence-electron chi connectivity index (χ0n) is 28.9. The van der Waals surface area contributed by atoms with Crippen LogP contribution in [0.5, 0.6) is 0 Å². The zero-order valence-corrected chi connectivity index (χ0v) is 28.9. The minimum atomic E-state index is -0.827. The van der Waals surface area contributed by atoms with Gasteiger partial charge in [0.05, 0.1) is 17.5 Å². The van der Waals surface area contributed by atoms with E-state index in [1.165, 1.54) is 6.42 Å². The number of fused-ring (bicyclic) bond motifs is 4. The molecule has 256 valence electrons. The highest BCUT2D eigenvalue weighted by Crippen LogP contribution is 2.63. The van der Waals surface area contributed by atoms with Gasteiger partial charge in [0.1, 0.15) is 6.10 Å². The summed E-state index contributed by atoms with van der Waals surface area (Å²) in [4.78, 5) is 30.2. The van der Waals surface area contributed by atoms with Crippen molar-refractivity contribution in [3.05, 3.63) is 24.4 Å². The molecule has 0 radical (unpaired) electrons. The summed E-state index contributed by atoms with van der Waals surface area (Å²) >= 11 is 0. The molecule has 0 aromatic rings. The minimum absolute atomic E-state index is 0.129. The molecule has 2 aliphatic carbocycles. The van der Waals surface area contributed by atoms with Crippen LogP contribution in [0.15, 0.2) is 29.4 Å². The van der Waals surface area contributed by atoms with Crippen LogP contribution in [0, 0.1) is 47.3 Å². The quantitative estimate of drug-likeness (QED) is 0.174. The van der Waals surface area contributed by atoms with E-state index >= 15 is 0 Å². The smallest absolute Gasteiger partial charge is 0.201 e. The molecule has 16 atom stereocenters. The predicted molar refractivity (Wildman–Crippen MR) is 170 cm³/mol. The van der Waals surface area contributed by atoms with Crippen molar-refractivity contribution in [2.24, 2.45) is 52.3 Å². The van der Waals surface area contributed by atoms with E-state index in [0.717, 1.165) is 50.7 Å². The van der Waals surface area contributed by atoms with E-state index in [-0.39, 0.29) is 35.9 Å². The molecule has 0 aromatic heterocycles. The molecule has 2 saturated carbocycles. The van der Waals surface area contributed by atoms with Gasteiger partial charge in [0.2, 0.25) is 11.6 Å². The van der Waals surface area contributed by atoms with Crippen molar-refractivity contribution in [2.75, 3.05) is 0 Å². The molecule has 0 unspecified atom stereocenters. The van der Waals surface area contributed by atoms with Gasteiger partial charge in [-0.2, -0.15) is 0 Å². The molecule has 10 aliphatic rings. The molecule has 46 heavy (non-hydrogen) atoms. The third kappa shape index (κ3) is 4.59. The fraction of sp³-hybridized carbons (Fsp3) is 0.865. The van der Waals surface area contributed by atoms with Crippen molar-refractivity contribution in [1.29, 1.82) is 0 Å². The number of allylic oxidation sites excluding steroid dienone is 2. The van der Waals surface area contributed by atoms with Crippen molar-refractivity contribution in [1.82, 2.24) is 0 Å². The average Bonchev–Trinajstić information content (AvgIpc) is 3.39. The van der Waals surface area contributed by atoms with E-state index in [1.54, 1.807) is 0 Å². The summed E-state index contributed by atoms with van der Waals surface area (Å²) in [5.41, 5.74) is 0.444. The van der Waals surface area contributed by atoms with Crippen LogP contribution in [0.4, 0.5) is 0 Å². The molecule has 0 N–H and O–H groups in total. The Hall–Kier alpha value is -1.17. The van der Waals surface area contributed by atoms with Gasteiger partial charge in [-0.3, -0.25) is 4.99 Å². The third-order valence-corrected chi connectivity index (χ3v) is 13.8. The highest BCUT2D eigenvalue weighted by molar-refractivity contribution is 5.90. The third-order valence-electron chi connectivity index (χ3n) is 13.8. The van der Waals surface area contributed by atoms with E-state index in [2.05, 4.69) is 34.3 Å². The van der Waals surface area contributed by atoms with Crippen LogP contribution >= 0.6 is 0 Å². The molecule has 8 heterocycles. The number of nitrogens with zero attached hydrogens (tertiary/aromatic N) is 1. The van der Waals surface area contributed by atoms with Gasteiger partial charge in [-0.1, -0.05) is 40.3 Å². The molecular weight excluding hydrogens is 586 g/mol. The van der Waals surface area contributed by atoms with Crippen molar-refractivity contribution in [2.45, 2.75) is 154 Å². The Morgan fingerprint density at radius 2 is 1.26 bits per heavy atom. The lowest BCUT2D eigenvalue weighted by Crippen LogP contribution is -2.71. The highest BCUT2D eigenvalue weighted by atomic mass is 17.3. The first-order chi connectivity index (χ1) is 21.9. The molecule has 0 aromatic carbocycles. The maximum Gasteiger partial charge on any atom is 0.201 e. The molecular formula is C37H55NO8. The van der Waals surface area contributed by atoms with E-state index in [1.807, 2.05) is 32.9 Å². The number of rotatable bonds is 5. The SMILES string of the molecule is C=C(/C=C\C)N=C(C[C@H]1O[C@@H]2O[C@]3(C)CC[C@H]4[C@H](C)CC[C@@H]([C@H]1C)[C@@]24OO3)[C@H]1O[C@@H]2O[C@]3(C)CC[C@H]4[C@H](C)CC[C@@H]([C@H]1C)[C@@]24OO3. The summed E-state index contributed by atoms with van der Waals surface area (Å²) in [6.45, 7) is 19.6. The summed E-state index contributed by atoms with van der Waals surface area (Å²) in [6, 6.07) is 0. The average molecular weight is 642 g/mol. The lowest BCUT2D eigenvalue weighted by atomic mass is 9.56. The van der Waals surface area contributed by atoms with Crippen LogP contribution in [-0.4, -0.2) is 53.3 Å². The van der Waals surface area contributed by atoms with Gasteiger partial charge in [-0.25, -0.2) is 19.6 Å². The number of aliphatic imine (C=N–C) groups is 1. The summed E-state index contributed by atoms with van der Waals surface area (Å²) in [6.07, 6.45) is 11.1. The number of hydrogen-bond acceptors (Lipinski definition) is 9. The normalized spacial score (nSPS) is 56.2. The zero-order chi connectivity index (χ0) is 32.2. The first kappa shape index (κ1) is 32.1. The predicted octanol–water partition coefficient (Wildman–Crippen LogP) is 7.41. The highest BCUT2D eigenvalue weighted by Gasteiger charge is 2.71. The molecule has 4 bridgehead atoms. The Balaban J connectivity index is 1.14. The first-order valence-corrected chi connectivity index (χ1v) is 18.2. The minimum Gasteiger partial charge on any atom is -0.345 e. The van der Waals surface area contributed by atoms with E-state index in [4.69, 9.17) is 43.5 Å². The van der Waals surface area contributed by atoms with Gasteiger partial charge in [-0.05, 0) is 101 Å². The van der Waals surface area contributed by atoms with Gasteiger partial charge >= 0.3 is 0 Å². The summed E-state index contributed by atoms with van der Waals surface area (Å²) in [5.74, 6) is 0.830. The first-order valence-electron chi connectivity index (χ1n) is 18.2. The Labute approximate surface area is 274 Å². The standard InChI is InChI=1S/C37H55NO8/c1-9-10-22(4)38-29(31-24(6)28-14-12-21(3)26-16-18-35(8)42-33(40-31)37(26,28)46-44-35)19-30-23(5)27-13-11-20(2)25-15-17-34(7)41-32(39-30)36(25,27)45-43-34/h9-10,20-21,23-28,30-33H,4,11-19H2,1-3,5-8H3/b10-9-,38-29?/t20-,21-,23-,24-,25+,26+,27+,28+,30-,31+,32-,33-,34+,35+,36-,37-/m1/s1. The van der Waals surface area contributed by atoms with Gasteiger partial charge < -0.3 is 18.9 Å². The Kier molecular flexibility index (Phi) is 7.79. The van der Waals surface area contributed by atoms with E-state index < -0.39 is 35.4 Å². The van der Waals surface area contributed by atoms with Crippen LogP contribution in [0.1, 0.15) is 106 Å².